The fourth-order valence-corrected chi connectivity index (χ4v) is 3.18. The number of aliphatic hydroxyl groups excluding tert-OH is 2. The van der Waals surface area contributed by atoms with E-state index < -0.39 is 6.10 Å². The Balaban J connectivity index is 0.00000165. The molecule has 1 amide bonds. The molecule has 1 aromatic carbocycles. The summed E-state index contributed by atoms with van der Waals surface area (Å²) in [4.78, 5) is 14.1. The summed E-state index contributed by atoms with van der Waals surface area (Å²) < 4.78 is 0. The molecule has 31 heavy (non-hydrogen) atoms. The second-order valence-corrected chi connectivity index (χ2v) is 7.47. The van der Waals surface area contributed by atoms with E-state index in [1.165, 1.54) is 0 Å². The van der Waals surface area contributed by atoms with Crippen molar-refractivity contribution in [1.82, 2.24) is 10.2 Å². The zero-order valence-corrected chi connectivity index (χ0v) is 20.2. The summed E-state index contributed by atoms with van der Waals surface area (Å²) in [6.45, 7) is 13.4. The van der Waals surface area contributed by atoms with E-state index in [9.17, 15) is 9.90 Å². The van der Waals surface area contributed by atoms with Crippen LogP contribution >= 0.6 is 11.6 Å². The van der Waals surface area contributed by atoms with Crippen LogP contribution in [0.5, 0.6) is 0 Å². The van der Waals surface area contributed by atoms with Crippen LogP contribution < -0.4 is 10.6 Å². The van der Waals surface area contributed by atoms with Gasteiger partial charge in [-0.25, -0.2) is 0 Å². The lowest BCUT2D eigenvalue weighted by Gasteiger charge is -2.32. The summed E-state index contributed by atoms with van der Waals surface area (Å²) in [6, 6.07) is 5.80. The lowest BCUT2D eigenvalue weighted by molar-refractivity contribution is -0.122. The van der Waals surface area contributed by atoms with Crippen molar-refractivity contribution in [1.29, 1.82) is 0 Å². The fraction of sp³-hybridized carbons (Fsp3) is 0.542. The third-order valence-electron chi connectivity index (χ3n) is 4.38. The smallest absolute Gasteiger partial charge is 0.234 e. The summed E-state index contributed by atoms with van der Waals surface area (Å²) in [5.41, 5.74) is 1.71. The molecule has 1 aliphatic heterocycles. The van der Waals surface area contributed by atoms with Crippen LogP contribution in [0.25, 0.3) is 0 Å². The highest BCUT2D eigenvalue weighted by Crippen LogP contribution is 2.23. The van der Waals surface area contributed by atoms with E-state index in [1.807, 2.05) is 32.9 Å². The number of allylic oxidation sites excluding steroid dienone is 1. The lowest BCUT2D eigenvalue weighted by atomic mass is 10.0. The van der Waals surface area contributed by atoms with Crippen LogP contribution in [0.2, 0.25) is 5.02 Å². The Hall–Kier alpha value is -1.86. The summed E-state index contributed by atoms with van der Waals surface area (Å²) in [7, 11) is 0. The Morgan fingerprint density at radius 2 is 1.97 bits per heavy atom. The fourth-order valence-electron chi connectivity index (χ4n) is 2.99. The molecule has 1 aliphatic rings. The number of nitrogens with zero attached hydrogens (tertiary/aromatic N) is 1. The molecule has 6 nitrogen and oxygen atoms in total. The Kier molecular flexibility index (Phi) is 16.7. The second-order valence-electron chi connectivity index (χ2n) is 7.04. The predicted octanol–water partition coefficient (Wildman–Crippen LogP) is 3.98. The normalized spacial score (nSPS) is 15.2. The number of benzene rings is 1. The summed E-state index contributed by atoms with van der Waals surface area (Å²) >= 11 is 5.97. The maximum absolute atomic E-state index is 11.9. The number of hydrogen-bond donors (Lipinski definition) is 4. The number of piperidine rings is 1. The number of likely N-dealkylation sites (tertiary alicyclic amines) is 1. The molecule has 176 valence electrons. The highest BCUT2D eigenvalue weighted by Gasteiger charge is 2.21. The first-order valence-electron chi connectivity index (χ1n) is 11.0. The Morgan fingerprint density at radius 1 is 1.35 bits per heavy atom. The third-order valence-corrected chi connectivity index (χ3v) is 4.62. The topological polar surface area (TPSA) is 84.8 Å². The molecule has 7 heteroatoms. The maximum Gasteiger partial charge on any atom is 0.234 e. The van der Waals surface area contributed by atoms with E-state index >= 15 is 0 Å². The van der Waals surface area contributed by atoms with Gasteiger partial charge in [-0.2, -0.15) is 0 Å². The van der Waals surface area contributed by atoms with Crippen LogP contribution in [-0.2, 0) is 11.4 Å². The molecule has 0 aliphatic carbocycles. The highest BCUT2D eigenvalue weighted by atomic mass is 35.5. The quantitative estimate of drug-likeness (QED) is 0.447. The van der Waals surface area contributed by atoms with Crippen molar-refractivity contribution in [2.75, 3.05) is 31.5 Å². The number of hydrogen-bond acceptors (Lipinski definition) is 5. The van der Waals surface area contributed by atoms with Crippen LogP contribution in [0.15, 0.2) is 43.0 Å². The average Bonchev–Trinajstić information content (AvgIpc) is 2.75. The number of carbonyl (C=O) groups is 1. The van der Waals surface area contributed by atoms with E-state index in [0.717, 1.165) is 37.2 Å². The minimum absolute atomic E-state index is 0.00748. The molecule has 0 aromatic heterocycles. The molecule has 1 aromatic rings. The first kappa shape index (κ1) is 29.1. The third kappa shape index (κ3) is 13.2. The van der Waals surface area contributed by atoms with Gasteiger partial charge in [0.25, 0.3) is 0 Å². The van der Waals surface area contributed by atoms with Crippen molar-refractivity contribution in [2.45, 2.75) is 59.3 Å². The predicted molar refractivity (Wildman–Crippen MR) is 132 cm³/mol. The van der Waals surface area contributed by atoms with E-state index in [-0.39, 0.29) is 12.5 Å². The number of rotatable bonds is 8. The van der Waals surface area contributed by atoms with Crippen LogP contribution in [0, 0.1) is 0 Å². The number of nitrogens with one attached hydrogen (secondary N) is 2. The van der Waals surface area contributed by atoms with Crippen molar-refractivity contribution in [2.24, 2.45) is 0 Å². The molecule has 1 saturated heterocycles. The van der Waals surface area contributed by atoms with Crippen LogP contribution in [0.1, 0.15) is 46.1 Å². The molecule has 0 bridgehead atoms. The van der Waals surface area contributed by atoms with Crippen molar-refractivity contribution in [3.8, 4) is 0 Å². The van der Waals surface area contributed by atoms with Crippen molar-refractivity contribution >= 4 is 23.2 Å². The van der Waals surface area contributed by atoms with Gasteiger partial charge in [0.1, 0.15) is 0 Å². The SMILES string of the molecule is C=CC.CC.CC(O)/C=C/CNC(=O)CN1CCC(Nc2ccc(Cl)cc2CO)CC1. The van der Waals surface area contributed by atoms with E-state index in [2.05, 4.69) is 22.1 Å². The standard InChI is InChI=1S/C19H28ClN3O3.C3H6.C2H6/c1-14(25)3-2-8-21-19(26)12-23-9-6-17(7-10-23)22-18-5-4-16(20)11-15(18)13-24;1-3-2;1-2/h2-5,11,14,17,22,24-25H,6-10,12-13H2,1H3,(H,21,26);3H,1H2,2H3;1-2H3/b3-2+;;. The molecule has 0 radical (unpaired) electrons. The van der Waals surface area contributed by atoms with E-state index in [1.54, 1.807) is 31.2 Å². The summed E-state index contributed by atoms with van der Waals surface area (Å²) in [6.07, 6.45) is 6.52. The Bertz CT molecular complexity index is 657. The summed E-state index contributed by atoms with van der Waals surface area (Å²) in [5, 5.41) is 25.5. The van der Waals surface area contributed by atoms with Crippen LogP contribution in [0.3, 0.4) is 0 Å². The zero-order valence-electron chi connectivity index (χ0n) is 19.4. The van der Waals surface area contributed by atoms with Gasteiger partial charge in [0.05, 0.1) is 19.3 Å². The Morgan fingerprint density at radius 3 is 2.52 bits per heavy atom. The summed E-state index contributed by atoms with van der Waals surface area (Å²) in [5.74, 6) is -0.00748. The van der Waals surface area contributed by atoms with Crippen LogP contribution in [0.4, 0.5) is 5.69 Å². The monoisotopic (exact) mass is 453 g/mol. The van der Waals surface area contributed by atoms with Gasteiger partial charge in [0.2, 0.25) is 5.91 Å². The molecule has 1 unspecified atom stereocenters. The molecule has 0 saturated carbocycles. The molecule has 1 atom stereocenters. The van der Waals surface area contributed by atoms with Gasteiger partial charge in [-0.1, -0.05) is 43.7 Å². The molecule has 2 rings (SSSR count). The van der Waals surface area contributed by atoms with Gasteiger partial charge < -0.3 is 20.8 Å². The molecular formula is C24H40ClN3O3. The van der Waals surface area contributed by atoms with Gasteiger partial charge >= 0.3 is 0 Å². The van der Waals surface area contributed by atoms with Gasteiger partial charge in [-0.15, -0.1) is 6.58 Å². The minimum Gasteiger partial charge on any atom is -0.392 e. The van der Waals surface area contributed by atoms with Crippen molar-refractivity contribution < 1.29 is 15.0 Å². The molecular weight excluding hydrogens is 414 g/mol. The number of halogens is 1. The number of amides is 1. The van der Waals surface area contributed by atoms with Crippen LogP contribution in [-0.4, -0.2) is 59.3 Å². The minimum atomic E-state index is -0.495. The van der Waals surface area contributed by atoms with Gasteiger partial charge in [0.15, 0.2) is 0 Å². The van der Waals surface area contributed by atoms with E-state index in [0.29, 0.717) is 24.2 Å². The van der Waals surface area contributed by atoms with Gasteiger partial charge in [-0.3, -0.25) is 9.69 Å². The molecule has 1 fully saturated rings. The average molecular weight is 454 g/mol. The largest absolute Gasteiger partial charge is 0.392 e. The molecule has 4 N–H and O–H groups in total. The van der Waals surface area contributed by atoms with Crippen molar-refractivity contribution in [3.63, 3.8) is 0 Å². The first-order valence-corrected chi connectivity index (χ1v) is 11.3. The Labute approximate surface area is 193 Å². The van der Waals surface area contributed by atoms with Crippen molar-refractivity contribution in [3.05, 3.63) is 53.6 Å². The highest BCUT2D eigenvalue weighted by molar-refractivity contribution is 6.30. The number of aliphatic hydroxyl groups is 2. The second kappa shape index (κ2) is 17.8. The van der Waals surface area contributed by atoms with E-state index in [4.69, 9.17) is 16.7 Å². The van der Waals surface area contributed by atoms with Gasteiger partial charge in [0, 0.05) is 41.9 Å². The number of anilines is 1. The first-order chi connectivity index (χ1) is 14.9. The maximum atomic E-state index is 11.9. The molecule has 1 heterocycles. The lowest BCUT2D eigenvalue weighted by Crippen LogP contribution is -2.44. The van der Waals surface area contributed by atoms with Gasteiger partial charge in [-0.05, 0) is 44.9 Å². The molecule has 0 spiro atoms. The zero-order chi connectivity index (χ0) is 23.6. The number of carbonyl (C=O) groups excluding carboxylic acids is 1.